The zero-order valence-electron chi connectivity index (χ0n) is 11.0. The molecule has 1 aromatic rings. The van der Waals surface area contributed by atoms with Gasteiger partial charge < -0.3 is 15.2 Å². The van der Waals surface area contributed by atoms with Crippen LogP contribution < -0.4 is 5.32 Å². The third-order valence-electron chi connectivity index (χ3n) is 2.72. The van der Waals surface area contributed by atoms with Crippen LogP contribution in [0, 0.1) is 0 Å². The van der Waals surface area contributed by atoms with Gasteiger partial charge in [0.1, 0.15) is 0 Å². The van der Waals surface area contributed by atoms with E-state index < -0.39 is 5.60 Å². The number of rotatable bonds is 7. The highest BCUT2D eigenvalue weighted by Gasteiger charge is 2.20. The molecule has 0 fully saturated rings. The fraction of sp³-hybridized carbons (Fsp3) is 0.500. The minimum Gasteiger partial charge on any atom is -0.388 e. The van der Waals surface area contributed by atoms with E-state index in [1.165, 1.54) is 0 Å². The van der Waals surface area contributed by atoms with Crippen molar-refractivity contribution in [3.05, 3.63) is 35.9 Å². The third kappa shape index (κ3) is 5.80. The topological polar surface area (TPSA) is 58.6 Å². The van der Waals surface area contributed by atoms with E-state index in [0.29, 0.717) is 19.4 Å². The molecule has 4 heteroatoms. The molecule has 1 aromatic carbocycles. The Morgan fingerprint density at radius 1 is 1.39 bits per heavy atom. The lowest BCUT2D eigenvalue weighted by Gasteiger charge is -2.23. The monoisotopic (exact) mass is 251 g/mol. The number of hydrogen-bond acceptors (Lipinski definition) is 3. The SMILES string of the molecule is COCCC(C)(O)CNC(=O)Cc1ccccc1. The van der Waals surface area contributed by atoms with Gasteiger partial charge in [0.2, 0.25) is 5.91 Å². The summed E-state index contributed by atoms with van der Waals surface area (Å²) in [6.07, 6.45) is 0.830. The fourth-order valence-electron chi connectivity index (χ4n) is 1.54. The number of nitrogens with one attached hydrogen (secondary N) is 1. The maximum absolute atomic E-state index is 11.7. The lowest BCUT2D eigenvalue weighted by molar-refractivity contribution is -0.121. The molecule has 0 bridgehead atoms. The molecule has 100 valence electrons. The lowest BCUT2D eigenvalue weighted by Crippen LogP contribution is -2.41. The van der Waals surface area contributed by atoms with Crippen molar-refractivity contribution in [1.82, 2.24) is 5.32 Å². The van der Waals surface area contributed by atoms with Gasteiger partial charge in [0, 0.05) is 26.7 Å². The van der Waals surface area contributed by atoms with E-state index >= 15 is 0 Å². The molecule has 2 N–H and O–H groups in total. The Hall–Kier alpha value is -1.39. The Kier molecular flexibility index (Phi) is 5.82. The van der Waals surface area contributed by atoms with Crippen LogP contribution in [0.25, 0.3) is 0 Å². The maximum Gasteiger partial charge on any atom is 0.224 e. The minimum absolute atomic E-state index is 0.0844. The molecular formula is C14H21NO3. The van der Waals surface area contributed by atoms with Crippen LogP contribution >= 0.6 is 0 Å². The van der Waals surface area contributed by atoms with E-state index in [0.717, 1.165) is 5.56 Å². The second-order valence-corrected chi connectivity index (χ2v) is 4.68. The average molecular weight is 251 g/mol. The predicted molar refractivity (Wildman–Crippen MR) is 70.3 cm³/mol. The van der Waals surface area contributed by atoms with Crippen LogP contribution in [-0.4, -0.2) is 36.9 Å². The van der Waals surface area contributed by atoms with Crippen LogP contribution in [0.2, 0.25) is 0 Å². The molecule has 0 aromatic heterocycles. The van der Waals surface area contributed by atoms with Crippen molar-refractivity contribution in [2.45, 2.75) is 25.4 Å². The molecule has 0 radical (unpaired) electrons. The Labute approximate surface area is 108 Å². The molecule has 0 aliphatic rings. The van der Waals surface area contributed by atoms with E-state index in [1.807, 2.05) is 30.3 Å². The molecule has 0 saturated heterocycles. The number of aliphatic hydroxyl groups is 1. The molecule has 0 heterocycles. The Morgan fingerprint density at radius 2 is 2.06 bits per heavy atom. The molecule has 1 rings (SSSR count). The summed E-state index contributed by atoms with van der Waals surface area (Å²) in [5.74, 6) is -0.0844. The summed E-state index contributed by atoms with van der Waals surface area (Å²) in [4.78, 5) is 11.7. The standard InChI is InChI=1S/C14H21NO3/c1-14(17,8-9-18-2)11-15-13(16)10-12-6-4-3-5-7-12/h3-7,17H,8-11H2,1-2H3,(H,15,16). The third-order valence-corrected chi connectivity index (χ3v) is 2.72. The molecule has 4 nitrogen and oxygen atoms in total. The number of carbonyl (C=O) groups excluding carboxylic acids is 1. The summed E-state index contributed by atoms with van der Waals surface area (Å²) in [6, 6.07) is 9.52. The molecule has 1 atom stereocenters. The lowest BCUT2D eigenvalue weighted by atomic mass is 10.0. The zero-order chi connectivity index (χ0) is 13.4. The van der Waals surface area contributed by atoms with Gasteiger partial charge in [0.25, 0.3) is 0 Å². The average Bonchev–Trinajstić information content (AvgIpc) is 2.36. The van der Waals surface area contributed by atoms with Gasteiger partial charge in [-0.05, 0) is 12.5 Å². The van der Waals surface area contributed by atoms with Crippen molar-refractivity contribution in [1.29, 1.82) is 0 Å². The highest BCUT2D eigenvalue weighted by molar-refractivity contribution is 5.78. The Balaban J connectivity index is 2.33. The normalized spacial score (nSPS) is 13.9. The molecule has 0 aliphatic carbocycles. The first-order chi connectivity index (χ1) is 8.53. The van der Waals surface area contributed by atoms with E-state index in [-0.39, 0.29) is 12.5 Å². The van der Waals surface area contributed by atoms with E-state index in [4.69, 9.17) is 4.74 Å². The summed E-state index contributed by atoms with van der Waals surface area (Å²) in [5, 5.41) is 12.7. The largest absolute Gasteiger partial charge is 0.388 e. The van der Waals surface area contributed by atoms with Crippen molar-refractivity contribution >= 4 is 5.91 Å². The summed E-state index contributed by atoms with van der Waals surface area (Å²) < 4.78 is 4.91. The van der Waals surface area contributed by atoms with Crippen LogP contribution in [0.4, 0.5) is 0 Å². The second kappa shape index (κ2) is 7.13. The van der Waals surface area contributed by atoms with Crippen molar-refractivity contribution in [3.8, 4) is 0 Å². The number of amides is 1. The molecule has 0 spiro atoms. The van der Waals surface area contributed by atoms with Crippen LogP contribution in [0.3, 0.4) is 0 Å². The molecule has 1 amide bonds. The Morgan fingerprint density at radius 3 is 2.67 bits per heavy atom. The van der Waals surface area contributed by atoms with Gasteiger partial charge in [-0.2, -0.15) is 0 Å². The molecule has 0 saturated carbocycles. The van der Waals surface area contributed by atoms with Crippen molar-refractivity contribution < 1.29 is 14.6 Å². The zero-order valence-corrected chi connectivity index (χ0v) is 11.0. The summed E-state index contributed by atoms with van der Waals surface area (Å²) in [7, 11) is 1.59. The smallest absolute Gasteiger partial charge is 0.224 e. The first-order valence-electron chi connectivity index (χ1n) is 6.05. The number of benzene rings is 1. The van der Waals surface area contributed by atoms with Gasteiger partial charge >= 0.3 is 0 Å². The van der Waals surface area contributed by atoms with Crippen molar-refractivity contribution in [2.24, 2.45) is 0 Å². The molecular weight excluding hydrogens is 230 g/mol. The quantitative estimate of drug-likeness (QED) is 0.764. The number of methoxy groups -OCH3 is 1. The maximum atomic E-state index is 11.7. The van der Waals surface area contributed by atoms with Crippen molar-refractivity contribution in [2.75, 3.05) is 20.3 Å². The highest BCUT2D eigenvalue weighted by Crippen LogP contribution is 2.07. The molecule has 1 unspecified atom stereocenters. The van der Waals surface area contributed by atoms with Crippen LogP contribution in [0.5, 0.6) is 0 Å². The summed E-state index contributed by atoms with van der Waals surface area (Å²) in [5.41, 5.74) is 0.0362. The Bertz CT molecular complexity index is 363. The number of ether oxygens (including phenoxy) is 1. The second-order valence-electron chi connectivity index (χ2n) is 4.68. The molecule has 0 aliphatic heterocycles. The van der Waals surface area contributed by atoms with Gasteiger partial charge in [0.05, 0.1) is 12.0 Å². The van der Waals surface area contributed by atoms with Gasteiger partial charge in [0.15, 0.2) is 0 Å². The summed E-state index contributed by atoms with van der Waals surface area (Å²) >= 11 is 0. The highest BCUT2D eigenvalue weighted by atomic mass is 16.5. The van der Waals surface area contributed by atoms with Gasteiger partial charge in [-0.1, -0.05) is 30.3 Å². The van der Waals surface area contributed by atoms with E-state index in [9.17, 15) is 9.90 Å². The van der Waals surface area contributed by atoms with Crippen LogP contribution in [0.15, 0.2) is 30.3 Å². The van der Waals surface area contributed by atoms with Crippen molar-refractivity contribution in [3.63, 3.8) is 0 Å². The molecule has 18 heavy (non-hydrogen) atoms. The number of carbonyl (C=O) groups is 1. The number of hydrogen-bond donors (Lipinski definition) is 2. The van der Waals surface area contributed by atoms with E-state index in [2.05, 4.69) is 5.32 Å². The first kappa shape index (κ1) is 14.7. The predicted octanol–water partition coefficient (Wildman–Crippen LogP) is 1.13. The summed E-state index contributed by atoms with van der Waals surface area (Å²) in [6.45, 7) is 2.40. The first-order valence-corrected chi connectivity index (χ1v) is 6.05. The van der Waals surface area contributed by atoms with Crippen LogP contribution in [-0.2, 0) is 16.0 Å². The fourth-order valence-corrected chi connectivity index (χ4v) is 1.54. The van der Waals surface area contributed by atoms with Gasteiger partial charge in [-0.3, -0.25) is 4.79 Å². The minimum atomic E-state index is -0.928. The van der Waals surface area contributed by atoms with E-state index in [1.54, 1.807) is 14.0 Å². The van der Waals surface area contributed by atoms with Crippen LogP contribution in [0.1, 0.15) is 18.9 Å². The van der Waals surface area contributed by atoms with Gasteiger partial charge in [-0.15, -0.1) is 0 Å². The van der Waals surface area contributed by atoms with Gasteiger partial charge in [-0.25, -0.2) is 0 Å².